The molecule has 0 aromatic rings. The maximum absolute atomic E-state index is 10.4. The molecule has 1 saturated heterocycles. The summed E-state index contributed by atoms with van der Waals surface area (Å²) < 4.78 is 19.0. The second kappa shape index (κ2) is 2.77. The highest BCUT2D eigenvalue weighted by Gasteiger charge is 2.23. The second-order valence-electron chi connectivity index (χ2n) is 2.45. The zero-order chi connectivity index (χ0) is 6.85. The van der Waals surface area contributed by atoms with E-state index in [0.717, 1.165) is 19.5 Å². The Bertz CT molecular complexity index is 128. The summed E-state index contributed by atoms with van der Waals surface area (Å²) in [5.74, 6) is 0. The van der Waals surface area contributed by atoms with Crippen molar-refractivity contribution < 1.29 is 8.76 Å². The molecule has 1 N–H and O–H groups in total. The zero-order valence-corrected chi connectivity index (χ0v) is 6.23. The van der Waals surface area contributed by atoms with E-state index in [4.69, 9.17) is 4.55 Å². The van der Waals surface area contributed by atoms with Crippen LogP contribution in [0.25, 0.3) is 0 Å². The van der Waals surface area contributed by atoms with Gasteiger partial charge in [-0.25, -0.2) is 4.21 Å². The average molecular weight is 149 g/mol. The van der Waals surface area contributed by atoms with Gasteiger partial charge >= 0.3 is 0 Å². The molecule has 0 aromatic carbocycles. The first-order chi connectivity index (χ1) is 4.20. The first-order valence-corrected chi connectivity index (χ1v) is 4.15. The van der Waals surface area contributed by atoms with E-state index in [1.165, 1.54) is 0 Å². The van der Waals surface area contributed by atoms with Gasteiger partial charge in [-0.05, 0) is 20.0 Å². The number of hydrogen-bond acceptors (Lipinski definition) is 2. The number of hydrogen-bond donors (Lipinski definition) is 1. The van der Waals surface area contributed by atoms with E-state index < -0.39 is 11.1 Å². The Morgan fingerprint density at radius 2 is 2.44 bits per heavy atom. The molecule has 1 fully saturated rings. The van der Waals surface area contributed by atoms with Crippen LogP contribution in [0.2, 0.25) is 0 Å². The predicted molar refractivity (Wildman–Crippen MR) is 36.7 cm³/mol. The van der Waals surface area contributed by atoms with Crippen molar-refractivity contribution in [3.05, 3.63) is 0 Å². The van der Waals surface area contributed by atoms with Gasteiger partial charge in [0.1, 0.15) is 0 Å². The lowest BCUT2D eigenvalue weighted by molar-refractivity contribution is 0.416. The third kappa shape index (κ3) is 1.74. The lowest BCUT2D eigenvalue weighted by Crippen LogP contribution is -2.19. The Morgan fingerprint density at radius 1 is 1.78 bits per heavy atom. The molecule has 1 aliphatic rings. The summed E-state index contributed by atoms with van der Waals surface area (Å²) in [6.45, 7) is 1.72. The van der Waals surface area contributed by atoms with Gasteiger partial charge in [-0.3, -0.25) is 0 Å². The highest BCUT2D eigenvalue weighted by molar-refractivity contribution is 7.79. The van der Waals surface area contributed by atoms with Crippen LogP contribution >= 0.6 is 0 Å². The monoisotopic (exact) mass is 149 g/mol. The first kappa shape index (κ1) is 7.18. The van der Waals surface area contributed by atoms with E-state index in [2.05, 4.69) is 4.90 Å². The number of likely N-dealkylation sites (tertiary alicyclic amines) is 1. The Morgan fingerprint density at radius 3 is 2.67 bits per heavy atom. The quantitative estimate of drug-likeness (QED) is 0.530. The molecule has 2 atom stereocenters. The minimum Gasteiger partial charge on any atom is -0.306 e. The summed E-state index contributed by atoms with van der Waals surface area (Å²) >= 11 is -1.60. The first-order valence-electron chi connectivity index (χ1n) is 2.98. The van der Waals surface area contributed by atoms with E-state index in [-0.39, 0.29) is 5.25 Å². The van der Waals surface area contributed by atoms with E-state index in [9.17, 15) is 4.21 Å². The standard InChI is InChI=1S/C5H11NO2S/c1-6-3-2-5(4-6)9(7)8/h5H,2-4H2,1H3,(H,7,8)/t5-/m1/s1. The van der Waals surface area contributed by atoms with Crippen molar-refractivity contribution in [3.63, 3.8) is 0 Å². The van der Waals surface area contributed by atoms with Crippen LogP contribution in [0.3, 0.4) is 0 Å². The molecule has 1 aliphatic heterocycles. The van der Waals surface area contributed by atoms with Crippen LogP contribution in [0.4, 0.5) is 0 Å². The molecule has 9 heavy (non-hydrogen) atoms. The summed E-state index contributed by atoms with van der Waals surface area (Å²) in [4.78, 5) is 2.07. The molecule has 3 nitrogen and oxygen atoms in total. The Labute approximate surface area is 57.3 Å². The van der Waals surface area contributed by atoms with Crippen LogP contribution < -0.4 is 0 Å². The topological polar surface area (TPSA) is 40.5 Å². The van der Waals surface area contributed by atoms with Crippen LogP contribution in [-0.4, -0.2) is 39.0 Å². The molecular formula is C5H11NO2S. The highest BCUT2D eigenvalue weighted by Crippen LogP contribution is 2.10. The van der Waals surface area contributed by atoms with Crippen LogP contribution in [0.5, 0.6) is 0 Å². The fourth-order valence-electron chi connectivity index (χ4n) is 1.06. The molecule has 0 saturated carbocycles. The largest absolute Gasteiger partial charge is 0.306 e. The summed E-state index contributed by atoms with van der Waals surface area (Å²) in [6.07, 6.45) is 0.861. The molecule has 54 valence electrons. The molecule has 0 amide bonds. The summed E-state index contributed by atoms with van der Waals surface area (Å²) in [5.41, 5.74) is 0. The minimum absolute atomic E-state index is 0.00463. The lowest BCUT2D eigenvalue weighted by atomic mass is 10.4. The summed E-state index contributed by atoms with van der Waals surface area (Å²) in [7, 11) is 1.97. The van der Waals surface area contributed by atoms with Crippen LogP contribution in [0.15, 0.2) is 0 Å². The molecule has 0 bridgehead atoms. The molecule has 0 aliphatic carbocycles. The second-order valence-corrected chi connectivity index (χ2v) is 3.67. The Kier molecular flexibility index (Phi) is 2.21. The molecule has 0 radical (unpaired) electrons. The fourth-order valence-corrected chi connectivity index (χ4v) is 1.75. The van der Waals surface area contributed by atoms with Crippen molar-refractivity contribution in [3.8, 4) is 0 Å². The normalized spacial score (nSPS) is 32.9. The number of rotatable bonds is 1. The van der Waals surface area contributed by atoms with E-state index in [1.807, 2.05) is 7.05 Å². The van der Waals surface area contributed by atoms with Crippen molar-refractivity contribution in [1.82, 2.24) is 4.90 Å². The molecule has 1 rings (SSSR count). The third-order valence-electron chi connectivity index (χ3n) is 1.63. The lowest BCUT2D eigenvalue weighted by Gasteiger charge is -2.04. The van der Waals surface area contributed by atoms with Crippen molar-refractivity contribution >= 4 is 11.1 Å². The Balaban J connectivity index is 2.39. The molecule has 4 heteroatoms. The summed E-state index contributed by atoms with van der Waals surface area (Å²) in [5, 5.41) is -0.00463. The van der Waals surface area contributed by atoms with Gasteiger partial charge in [-0.15, -0.1) is 0 Å². The van der Waals surface area contributed by atoms with Crippen LogP contribution in [0.1, 0.15) is 6.42 Å². The molecule has 1 unspecified atom stereocenters. The predicted octanol–water partition coefficient (Wildman–Crippen LogP) is -0.0878. The van der Waals surface area contributed by atoms with Gasteiger partial charge in [0.2, 0.25) is 0 Å². The minimum atomic E-state index is -1.60. The SMILES string of the molecule is CN1CC[C@@H](S(=O)O)C1. The smallest absolute Gasteiger partial charge is 0.157 e. The van der Waals surface area contributed by atoms with Crippen LogP contribution in [-0.2, 0) is 11.1 Å². The molecule has 1 heterocycles. The third-order valence-corrected chi connectivity index (χ3v) is 2.59. The summed E-state index contributed by atoms with van der Waals surface area (Å²) in [6, 6.07) is 0. The molecule has 0 aromatic heterocycles. The van der Waals surface area contributed by atoms with E-state index in [0.29, 0.717) is 0 Å². The molecular weight excluding hydrogens is 138 g/mol. The van der Waals surface area contributed by atoms with Gasteiger partial charge in [0.25, 0.3) is 0 Å². The van der Waals surface area contributed by atoms with Gasteiger partial charge in [0, 0.05) is 6.54 Å². The average Bonchev–Trinajstić information content (AvgIpc) is 2.14. The van der Waals surface area contributed by atoms with E-state index >= 15 is 0 Å². The zero-order valence-electron chi connectivity index (χ0n) is 5.41. The maximum Gasteiger partial charge on any atom is 0.157 e. The van der Waals surface area contributed by atoms with Gasteiger partial charge < -0.3 is 9.45 Å². The van der Waals surface area contributed by atoms with Gasteiger partial charge in [0.15, 0.2) is 11.1 Å². The van der Waals surface area contributed by atoms with Crippen molar-refractivity contribution in [2.75, 3.05) is 20.1 Å². The highest BCUT2D eigenvalue weighted by atomic mass is 32.2. The van der Waals surface area contributed by atoms with Crippen molar-refractivity contribution in [2.45, 2.75) is 11.7 Å². The number of nitrogens with zero attached hydrogens (tertiary/aromatic N) is 1. The van der Waals surface area contributed by atoms with E-state index in [1.54, 1.807) is 0 Å². The van der Waals surface area contributed by atoms with Crippen LogP contribution in [0, 0.1) is 0 Å². The van der Waals surface area contributed by atoms with Crippen molar-refractivity contribution in [1.29, 1.82) is 0 Å². The Hall–Kier alpha value is 0.0700. The van der Waals surface area contributed by atoms with Gasteiger partial charge in [0.05, 0.1) is 5.25 Å². The fraction of sp³-hybridized carbons (Fsp3) is 1.00. The molecule has 0 spiro atoms. The van der Waals surface area contributed by atoms with Gasteiger partial charge in [-0.1, -0.05) is 0 Å². The maximum atomic E-state index is 10.4. The van der Waals surface area contributed by atoms with Gasteiger partial charge in [-0.2, -0.15) is 0 Å². The van der Waals surface area contributed by atoms with Crippen molar-refractivity contribution in [2.24, 2.45) is 0 Å².